The fourth-order valence-electron chi connectivity index (χ4n) is 38.6. The fourth-order valence-corrected chi connectivity index (χ4v) is 38.6. The van der Waals surface area contributed by atoms with E-state index in [0.717, 1.165) is 238 Å². The molecule has 0 aromatic carbocycles. The van der Waals surface area contributed by atoms with Crippen LogP contribution in [0, 0.1) is 181 Å². The molecule has 21 aliphatic rings. The molecule has 570 valence electrons. The zero-order chi connectivity index (χ0) is 69.2. The van der Waals surface area contributed by atoms with E-state index in [1.54, 1.807) is 238 Å². The van der Waals surface area contributed by atoms with Gasteiger partial charge in [0.15, 0.2) is 6.71 Å². The summed E-state index contributed by atoms with van der Waals surface area (Å²) in [5.74, 6) is 29.4. The Hall–Kier alpha value is -0.0551. The van der Waals surface area contributed by atoms with Crippen LogP contribution in [0.1, 0.15) is 359 Å². The molecule has 0 aromatic rings. The first-order valence-electron chi connectivity index (χ1n) is 48.3. The zero-order valence-electron chi connectivity index (χ0n) is 68.8. The van der Waals surface area contributed by atoms with E-state index < -0.39 is 0 Å². The van der Waals surface area contributed by atoms with Crippen LogP contribution in [0.4, 0.5) is 0 Å². The summed E-state index contributed by atoms with van der Waals surface area (Å²) in [6.45, 7) is 33.4. The molecule has 21 rings (SSSR count). The van der Waals surface area contributed by atoms with Gasteiger partial charge in [0.25, 0.3) is 0 Å². The minimum atomic E-state index is 0.438. The maximum atomic E-state index is 3.78. The Morgan fingerprint density at radius 1 is 0.245 bits per heavy atom. The molecule has 3 aliphatic heterocycles. The molecule has 0 N–H and O–H groups in total. The van der Waals surface area contributed by atoms with Gasteiger partial charge < -0.3 is 0 Å². The summed E-state index contributed by atoms with van der Waals surface area (Å²) in [5.41, 5.74) is 2.60. The van der Waals surface area contributed by atoms with Crippen molar-refractivity contribution in [1.29, 1.82) is 0 Å². The van der Waals surface area contributed by atoms with Gasteiger partial charge in [0.1, 0.15) is 0 Å². The Kier molecular flexibility index (Phi) is 17.4. The van der Waals surface area contributed by atoms with Gasteiger partial charge in [0.2, 0.25) is 0 Å². The average molecular weight is 1390 g/mol. The third-order valence-electron chi connectivity index (χ3n) is 42.9. The molecular formula is C98H160BN3. The smallest absolute Gasteiger partial charge is 0.156 e. The summed E-state index contributed by atoms with van der Waals surface area (Å²) in [6, 6.07) is 7.97. The number of nitrogens with zero attached hydrogens (tertiary/aromatic N) is 3. The lowest BCUT2D eigenvalue weighted by Gasteiger charge is -2.90. The number of hydrogen-bond acceptors (Lipinski definition) is 3. The van der Waals surface area contributed by atoms with E-state index >= 15 is 0 Å². The molecule has 30 atom stereocenters. The highest BCUT2D eigenvalue weighted by Crippen LogP contribution is 2.84. The van der Waals surface area contributed by atoms with Crippen LogP contribution in [-0.4, -0.2) is 75.8 Å². The van der Waals surface area contributed by atoms with E-state index in [2.05, 4.69) is 97.8 Å². The van der Waals surface area contributed by atoms with Gasteiger partial charge in [-0.15, -0.1) is 0 Å². The normalized spacial score (nSPS) is 55.4. The van der Waals surface area contributed by atoms with Crippen molar-refractivity contribution < 1.29 is 0 Å². The first kappa shape index (κ1) is 69.9. The molecule has 18 saturated carbocycles. The highest BCUT2D eigenvalue weighted by molar-refractivity contribution is 6.65. The summed E-state index contributed by atoms with van der Waals surface area (Å²) in [6.07, 6.45) is 68.3. The molecule has 102 heavy (non-hydrogen) atoms. The van der Waals surface area contributed by atoms with Crippen LogP contribution in [0.3, 0.4) is 0 Å². The molecular weight excluding hydrogens is 1230 g/mol. The van der Waals surface area contributed by atoms with Gasteiger partial charge in [-0.2, -0.15) is 0 Å². The van der Waals surface area contributed by atoms with E-state index in [1.807, 2.05) is 0 Å². The lowest BCUT2D eigenvalue weighted by molar-refractivity contribution is -0.408. The highest BCUT2D eigenvalue weighted by Gasteiger charge is 2.85. The second kappa shape index (κ2) is 25.5. The quantitative estimate of drug-likeness (QED) is 0.235. The predicted molar refractivity (Wildman–Crippen MR) is 426 cm³/mol. The van der Waals surface area contributed by atoms with Crippen LogP contribution >= 0.6 is 0 Å². The summed E-state index contributed by atoms with van der Waals surface area (Å²) in [4.78, 5) is 11.0. The van der Waals surface area contributed by atoms with E-state index in [1.165, 1.54) is 38.5 Å². The molecule has 4 heteroatoms. The van der Waals surface area contributed by atoms with Crippen molar-refractivity contribution in [3.63, 3.8) is 0 Å². The van der Waals surface area contributed by atoms with Gasteiger partial charge in [-0.05, 0) is 392 Å². The third-order valence-corrected chi connectivity index (χ3v) is 42.9. The Morgan fingerprint density at radius 3 is 0.971 bits per heavy atom. The first-order valence-corrected chi connectivity index (χ1v) is 48.3. The second-order valence-electron chi connectivity index (χ2n) is 49.7. The Balaban J connectivity index is 0.689. The van der Waals surface area contributed by atoms with Gasteiger partial charge in [-0.1, -0.05) is 160 Å². The van der Waals surface area contributed by atoms with Crippen LogP contribution in [0.2, 0.25) is 17.5 Å². The van der Waals surface area contributed by atoms with Crippen molar-refractivity contribution in [2.24, 2.45) is 181 Å². The maximum absolute atomic E-state index is 3.78. The zero-order valence-corrected chi connectivity index (χ0v) is 68.8. The van der Waals surface area contributed by atoms with Crippen LogP contribution in [0.5, 0.6) is 0 Å². The van der Waals surface area contributed by atoms with Crippen molar-refractivity contribution in [3.8, 4) is 0 Å². The minimum absolute atomic E-state index is 0.438. The SMILES string of the molecule is CC(C)(C)C1CC2CCC3CC(C(C)(C)C)CC4C(C5CCC6C(C5)B5C7CC(C8CC9CC(C(C)(C)C)CC%10CCC%11CC(C(C)(C)C)CC8C%11C%109)CCC7N(C7CCC(C8CCCCC8)CC7)C7CC(N8C9CC%10CC%11CC8C%10%119)CC(C57)N6C5CCC(C6CCCCC6)CC5)CC(C1)C2C34. The number of fused-ring (bicyclic) bond motifs is 4. The summed E-state index contributed by atoms with van der Waals surface area (Å²) in [5, 5.41) is 0. The van der Waals surface area contributed by atoms with Crippen molar-refractivity contribution in [3.05, 3.63) is 0 Å². The third kappa shape index (κ3) is 10.9. The fraction of sp³-hybridized carbons (Fsp3) is 1.00. The molecule has 30 unspecified atom stereocenters. The van der Waals surface area contributed by atoms with Gasteiger partial charge >= 0.3 is 0 Å². The average Bonchev–Trinajstić information content (AvgIpc) is 0.618. The molecule has 0 aromatic heterocycles. The maximum Gasteiger partial charge on any atom is 0.156 e. The van der Waals surface area contributed by atoms with E-state index in [4.69, 9.17) is 0 Å². The van der Waals surface area contributed by atoms with E-state index in [0.29, 0.717) is 21.7 Å². The number of rotatable bonds is 7. The Morgan fingerprint density at radius 2 is 0.588 bits per heavy atom. The largest absolute Gasteiger partial charge is 0.295 e. The van der Waals surface area contributed by atoms with Crippen molar-refractivity contribution in [1.82, 2.24) is 14.7 Å². The van der Waals surface area contributed by atoms with Gasteiger partial charge in [0, 0.05) is 59.8 Å². The summed E-state index contributed by atoms with van der Waals surface area (Å²) in [7, 11) is 0. The Bertz CT molecular complexity index is 2800. The molecule has 0 bridgehead atoms. The van der Waals surface area contributed by atoms with Crippen LogP contribution < -0.4 is 0 Å². The molecule has 21 fully saturated rings. The second-order valence-corrected chi connectivity index (χ2v) is 49.7. The topological polar surface area (TPSA) is 9.72 Å². The monoisotopic (exact) mass is 1390 g/mol. The van der Waals surface area contributed by atoms with Crippen molar-refractivity contribution >= 4 is 6.71 Å². The Labute approximate surface area is 629 Å². The molecule has 3 saturated heterocycles. The summed E-state index contributed by atoms with van der Waals surface area (Å²) >= 11 is 0. The van der Waals surface area contributed by atoms with Crippen LogP contribution in [0.15, 0.2) is 0 Å². The standard InChI is InChI=1S/C98H160BN3/c1-94(2,3)68-39-62-23-25-64-41-70(96(7,8)9)50-79-77(45-66(43-68)89(62)91(64)79)60-31-37-83-81(47-60)99-82-48-61(78-46-67-44-69(95(4,5)6)40-63-24-26-65-42-71(97(10,11)12)51-80(78)92(65)90(63)67)32-38-84(82)101(75-35-29-59(30-36-75)57-21-17-14-18-22-57)86-55-76(102-87-52-72-49-73-53-88(102)98(72,73)87)54-85(93(86)99)100(83)74-33-27-58(28-34-74)56-19-15-13-16-20-56/h56-93H,13-55H2,1-12H3. The number of hydrogen-bond donors (Lipinski definition) is 0. The molecule has 0 radical (unpaired) electrons. The van der Waals surface area contributed by atoms with E-state index in [9.17, 15) is 0 Å². The summed E-state index contributed by atoms with van der Waals surface area (Å²) < 4.78 is 0. The molecule has 0 amide bonds. The number of piperidine rings is 2. The van der Waals surface area contributed by atoms with Gasteiger partial charge in [0.05, 0.1) is 0 Å². The molecule has 3 nitrogen and oxygen atoms in total. The molecule has 3 heterocycles. The van der Waals surface area contributed by atoms with Gasteiger partial charge in [-0.25, -0.2) is 0 Å². The van der Waals surface area contributed by atoms with Crippen LogP contribution in [-0.2, 0) is 0 Å². The number of likely N-dealkylation sites (tertiary alicyclic amines) is 1. The van der Waals surface area contributed by atoms with Crippen LogP contribution in [0.25, 0.3) is 0 Å². The van der Waals surface area contributed by atoms with Crippen molar-refractivity contribution in [2.75, 3.05) is 0 Å². The lowest BCUT2D eigenvalue weighted by atomic mass is 9.17. The predicted octanol–water partition coefficient (Wildman–Crippen LogP) is 25.1. The molecule has 1 spiro atoms. The van der Waals surface area contributed by atoms with Gasteiger partial charge in [-0.3, -0.25) is 14.7 Å². The van der Waals surface area contributed by atoms with Crippen molar-refractivity contribution in [2.45, 2.75) is 431 Å². The van der Waals surface area contributed by atoms with E-state index in [-0.39, 0.29) is 0 Å². The first-order chi connectivity index (χ1) is 49.0. The molecule has 18 aliphatic carbocycles. The lowest BCUT2D eigenvalue weighted by Crippen LogP contribution is -2.94. The highest BCUT2D eigenvalue weighted by atomic mass is 15.4. The minimum Gasteiger partial charge on any atom is -0.295 e.